The maximum atomic E-state index is 15.0. The Morgan fingerprint density at radius 2 is 1.75 bits per heavy atom. The van der Waals surface area contributed by atoms with Crippen LogP contribution < -0.4 is 9.80 Å². The Morgan fingerprint density at radius 3 is 2.47 bits per heavy atom. The molecular formula is C28H28ClFN4O2. The van der Waals surface area contributed by atoms with Crippen LogP contribution in [0.2, 0.25) is 5.02 Å². The number of anilines is 2. The Kier molecular flexibility index (Phi) is 6.58. The molecule has 36 heavy (non-hydrogen) atoms. The summed E-state index contributed by atoms with van der Waals surface area (Å²) in [7, 11) is 0. The first kappa shape index (κ1) is 24.1. The number of para-hydroxylation sites is 1. The molecular weight excluding hydrogens is 479 g/mol. The number of benzene rings is 3. The minimum absolute atomic E-state index is 0.204. The second-order valence-electron chi connectivity index (χ2n) is 9.32. The van der Waals surface area contributed by atoms with Crippen LogP contribution in [0.3, 0.4) is 0 Å². The van der Waals surface area contributed by atoms with Crippen LogP contribution >= 0.6 is 11.6 Å². The van der Waals surface area contributed by atoms with E-state index in [2.05, 4.69) is 41.0 Å². The van der Waals surface area contributed by atoms with Crippen LogP contribution in [0.1, 0.15) is 29.2 Å². The molecule has 5 rings (SSSR count). The van der Waals surface area contributed by atoms with E-state index in [9.17, 15) is 14.3 Å². The average Bonchev–Trinajstić information content (AvgIpc) is 2.86. The molecule has 1 saturated heterocycles. The highest BCUT2D eigenvalue weighted by Crippen LogP contribution is 2.43. The second kappa shape index (κ2) is 9.82. The highest BCUT2D eigenvalue weighted by Gasteiger charge is 2.38. The summed E-state index contributed by atoms with van der Waals surface area (Å²) in [6.45, 7) is 6.88. The van der Waals surface area contributed by atoms with Crippen LogP contribution in [0.4, 0.5) is 21.5 Å². The molecule has 1 atom stereocenters. The summed E-state index contributed by atoms with van der Waals surface area (Å²) < 4.78 is 15.0. The van der Waals surface area contributed by atoms with Crippen molar-refractivity contribution in [2.75, 3.05) is 36.0 Å². The van der Waals surface area contributed by atoms with Gasteiger partial charge in [0.2, 0.25) is 5.96 Å². The number of fused-ring (bicyclic) bond motifs is 1. The van der Waals surface area contributed by atoms with Gasteiger partial charge in [-0.3, -0.25) is 4.79 Å². The molecule has 2 heterocycles. The third kappa shape index (κ3) is 4.63. The molecule has 2 aliphatic heterocycles. The van der Waals surface area contributed by atoms with E-state index in [1.54, 1.807) is 12.1 Å². The minimum atomic E-state index is -0.967. The van der Waals surface area contributed by atoms with Crippen molar-refractivity contribution in [3.05, 3.63) is 88.2 Å². The van der Waals surface area contributed by atoms with E-state index in [0.29, 0.717) is 29.6 Å². The van der Waals surface area contributed by atoms with Gasteiger partial charge >= 0.3 is 5.97 Å². The number of nitrogens with zero attached hydrogens (tertiary/aromatic N) is 4. The molecule has 6 nitrogen and oxygen atoms in total. The van der Waals surface area contributed by atoms with Crippen molar-refractivity contribution in [1.82, 2.24) is 4.90 Å². The Labute approximate surface area is 215 Å². The number of carbonyl (C=O) groups is 1. The van der Waals surface area contributed by atoms with Gasteiger partial charge < -0.3 is 19.8 Å². The van der Waals surface area contributed by atoms with Gasteiger partial charge in [-0.15, -0.1) is 0 Å². The van der Waals surface area contributed by atoms with Crippen molar-refractivity contribution in [1.29, 1.82) is 0 Å². The highest BCUT2D eigenvalue weighted by molar-refractivity contribution is 6.31. The molecule has 0 radical (unpaired) electrons. The maximum Gasteiger partial charge on any atom is 0.305 e. The number of hydrogen-bond donors (Lipinski definition) is 1. The molecule has 8 heteroatoms. The number of hydrogen-bond acceptors (Lipinski definition) is 5. The predicted octanol–water partition coefficient (Wildman–Crippen LogP) is 5.94. The number of aliphatic carboxylic acids is 1. The number of carboxylic acid groups (broad SMARTS) is 1. The zero-order valence-electron chi connectivity index (χ0n) is 20.3. The minimum Gasteiger partial charge on any atom is -0.481 e. The normalized spacial score (nSPS) is 17.6. The summed E-state index contributed by atoms with van der Waals surface area (Å²) in [6.07, 6.45) is -0.204. The Hall–Kier alpha value is -3.58. The monoisotopic (exact) mass is 506 g/mol. The van der Waals surface area contributed by atoms with E-state index in [4.69, 9.17) is 16.6 Å². The summed E-state index contributed by atoms with van der Waals surface area (Å²) in [5.74, 6) is -0.875. The molecule has 3 aromatic carbocycles. The fourth-order valence-electron chi connectivity index (χ4n) is 5.05. The first-order chi connectivity index (χ1) is 17.3. The Bertz CT molecular complexity index is 1340. The fourth-order valence-corrected chi connectivity index (χ4v) is 5.21. The fraction of sp³-hybridized carbons (Fsp3) is 0.286. The molecule has 2 aliphatic rings. The van der Waals surface area contributed by atoms with Crippen molar-refractivity contribution in [3.63, 3.8) is 0 Å². The van der Waals surface area contributed by atoms with Crippen molar-refractivity contribution in [2.45, 2.75) is 26.3 Å². The van der Waals surface area contributed by atoms with E-state index in [1.165, 1.54) is 17.3 Å². The molecule has 0 saturated carbocycles. The van der Waals surface area contributed by atoms with E-state index in [-0.39, 0.29) is 12.1 Å². The van der Waals surface area contributed by atoms with Crippen LogP contribution in [0, 0.1) is 19.7 Å². The highest BCUT2D eigenvalue weighted by atomic mass is 35.5. The van der Waals surface area contributed by atoms with Gasteiger partial charge in [0.1, 0.15) is 11.5 Å². The number of piperazine rings is 1. The first-order valence-corrected chi connectivity index (χ1v) is 12.4. The van der Waals surface area contributed by atoms with Gasteiger partial charge in [0.15, 0.2) is 0 Å². The van der Waals surface area contributed by atoms with Gasteiger partial charge in [0, 0.05) is 48.1 Å². The summed E-state index contributed by atoms with van der Waals surface area (Å²) >= 11 is 6.38. The lowest BCUT2D eigenvalue weighted by atomic mass is 9.96. The molecule has 1 unspecified atom stereocenters. The van der Waals surface area contributed by atoms with Gasteiger partial charge in [0.05, 0.1) is 12.5 Å². The molecule has 3 aromatic rings. The number of aryl methyl sites for hydroxylation is 2. The first-order valence-electron chi connectivity index (χ1n) is 12.0. The average molecular weight is 507 g/mol. The third-order valence-electron chi connectivity index (χ3n) is 6.84. The van der Waals surface area contributed by atoms with E-state index >= 15 is 0 Å². The molecule has 0 bridgehead atoms. The second-order valence-corrected chi connectivity index (χ2v) is 9.75. The van der Waals surface area contributed by atoms with Crippen LogP contribution in [-0.2, 0) is 4.79 Å². The van der Waals surface area contributed by atoms with Crippen molar-refractivity contribution in [2.24, 2.45) is 4.99 Å². The molecule has 0 amide bonds. The van der Waals surface area contributed by atoms with Crippen molar-refractivity contribution in [3.8, 4) is 0 Å². The Balaban J connectivity index is 1.57. The quantitative estimate of drug-likeness (QED) is 0.474. The lowest BCUT2D eigenvalue weighted by Gasteiger charge is -2.45. The smallest absolute Gasteiger partial charge is 0.305 e. The van der Waals surface area contributed by atoms with Crippen LogP contribution in [0.25, 0.3) is 0 Å². The Morgan fingerprint density at radius 1 is 1.03 bits per heavy atom. The van der Waals surface area contributed by atoms with Crippen molar-refractivity contribution < 1.29 is 14.3 Å². The van der Waals surface area contributed by atoms with E-state index in [1.807, 2.05) is 30.0 Å². The van der Waals surface area contributed by atoms with Gasteiger partial charge in [-0.1, -0.05) is 41.9 Å². The number of aliphatic imine (C=N–C) groups is 1. The number of rotatable bonds is 4. The van der Waals surface area contributed by atoms with Crippen molar-refractivity contribution >= 4 is 40.6 Å². The molecule has 1 N–H and O–H groups in total. The summed E-state index contributed by atoms with van der Waals surface area (Å²) in [6, 6.07) is 18.1. The predicted molar refractivity (Wildman–Crippen MR) is 142 cm³/mol. The lowest BCUT2D eigenvalue weighted by molar-refractivity contribution is -0.137. The molecule has 1 fully saturated rings. The molecule has 0 aliphatic carbocycles. The largest absolute Gasteiger partial charge is 0.481 e. The van der Waals surface area contributed by atoms with Gasteiger partial charge in [-0.2, -0.15) is 0 Å². The molecule has 0 aromatic heterocycles. The maximum absolute atomic E-state index is 15.0. The molecule has 0 spiro atoms. The topological polar surface area (TPSA) is 59.4 Å². The third-order valence-corrected chi connectivity index (χ3v) is 7.08. The van der Waals surface area contributed by atoms with Gasteiger partial charge in [0.25, 0.3) is 0 Å². The molecule has 186 valence electrons. The number of guanidine groups is 1. The van der Waals surface area contributed by atoms with E-state index < -0.39 is 17.8 Å². The number of halogens is 2. The lowest BCUT2D eigenvalue weighted by Crippen LogP contribution is -2.55. The summed E-state index contributed by atoms with van der Waals surface area (Å²) in [4.78, 5) is 23.2. The van der Waals surface area contributed by atoms with E-state index in [0.717, 1.165) is 24.3 Å². The van der Waals surface area contributed by atoms with Crippen LogP contribution in [0.5, 0.6) is 0 Å². The van der Waals surface area contributed by atoms with Crippen LogP contribution in [-0.4, -0.2) is 48.1 Å². The van der Waals surface area contributed by atoms with Crippen LogP contribution in [0.15, 0.2) is 65.7 Å². The van der Waals surface area contributed by atoms with Gasteiger partial charge in [-0.25, -0.2) is 9.38 Å². The standard InChI is InChI=1S/C28H28ClFN4O2/c1-18-5-3-6-21(15-18)32-11-13-33(14-12-32)28-31-27-22(7-4-8-23(27)30)25(17-26(35)36)34(28)24-16-20(29)10-9-19(24)2/h3-10,15-16,25H,11-14,17H2,1-2H3,(H,35,36). The van der Waals surface area contributed by atoms with Gasteiger partial charge in [-0.05, 0) is 55.3 Å². The summed E-state index contributed by atoms with van der Waals surface area (Å²) in [5, 5.41) is 10.4. The summed E-state index contributed by atoms with van der Waals surface area (Å²) in [5.41, 5.74) is 4.83. The zero-order chi connectivity index (χ0) is 25.4. The zero-order valence-corrected chi connectivity index (χ0v) is 21.0. The SMILES string of the molecule is Cc1cccc(N2CCN(C3=Nc4c(F)cccc4C(CC(=O)O)N3c3cc(Cl)ccc3C)CC2)c1. The number of carboxylic acids is 1.